The number of hydrogen-bond acceptors (Lipinski definition) is 6. The van der Waals surface area contributed by atoms with Crippen LogP contribution in [0.1, 0.15) is 52.6 Å². The molecule has 0 radical (unpaired) electrons. The third kappa shape index (κ3) is 4.37. The lowest BCUT2D eigenvalue weighted by Crippen LogP contribution is -2.26. The van der Waals surface area contributed by atoms with Crippen molar-refractivity contribution in [2.24, 2.45) is 5.92 Å². The molecule has 2 heterocycles. The normalized spacial score (nSPS) is 13.2. The largest absolute Gasteiger partial charge is 0.489 e. The number of hydroxylamine groups is 1. The topological polar surface area (TPSA) is 86.6 Å². The number of nitrogens with zero attached hydrogens (tertiary/aromatic N) is 1. The lowest BCUT2D eigenvalue weighted by molar-refractivity contribution is -0.153. The van der Waals surface area contributed by atoms with Crippen molar-refractivity contribution in [1.82, 2.24) is 10.0 Å². The van der Waals surface area contributed by atoms with Gasteiger partial charge in [-0.3, -0.25) is 9.59 Å². The van der Waals surface area contributed by atoms with Crippen molar-refractivity contribution in [2.45, 2.75) is 34.2 Å². The molecular formula is C30H28N2O5. The Kier molecular flexibility index (Phi) is 6.29. The van der Waals surface area contributed by atoms with Crippen LogP contribution in [0.25, 0.3) is 21.8 Å². The number of aromatic nitrogens is 1. The highest BCUT2D eigenvalue weighted by Crippen LogP contribution is 2.36. The fraction of sp³-hybridized carbons (Fsp3) is 0.233. The molecule has 0 amide bonds. The smallest absolute Gasteiger partial charge is 0.334 e. The van der Waals surface area contributed by atoms with Crippen LogP contribution in [0.15, 0.2) is 66.4 Å². The van der Waals surface area contributed by atoms with Gasteiger partial charge in [0.15, 0.2) is 5.78 Å². The summed E-state index contributed by atoms with van der Waals surface area (Å²) < 4.78 is 8.03. The number of benzene rings is 3. The van der Waals surface area contributed by atoms with E-state index >= 15 is 0 Å². The Balaban J connectivity index is 1.59. The minimum Gasteiger partial charge on any atom is -0.489 e. The van der Waals surface area contributed by atoms with Crippen molar-refractivity contribution in [3.8, 4) is 5.75 Å². The summed E-state index contributed by atoms with van der Waals surface area (Å²) in [7, 11) is 0. The Bertz CT molecular complexity index is 1590. The second kappa shape index (κ2) is 9.58. The fourth-order valence-corrected chi connectivity index (χ4v) is 4.54. The van der Waals surface area contributed by atoms with Gasteiger partial charge in [-0.15, -0.1) is 0 Å². The predicted molar refractivity (Wildman–Crippen MR) is 142 cm³/mol. The average molecular weight is 497 g/mol. The van der Waals surface area contributed by atoms with Crippen LogP contribution in [0.4, 0.5) is 0 Å². The summed E-state index contributed by atoms with van der Waals surface area (Å²) in [6.45, 7) is 8.31. The number of ketones is 2. The van der Waals surface area contributed by atoms with E-state index in [1.807, 2.05) is 55.5 Å². The number of aryl methyl sites for hydroxylation is 2. The number of carbonyl (C=O) groups is 3. The summed E-state index contributed by atoms with van der Waals surface area (Å²) in [6.07, 6.45) is 1.56. The SMILES string of the molecule is CCn1c2ccc(C(=O)c3ccc(C)cc3)cc2c2cc3c(cc21)OCC=C(NOC(=O)C(C)C)C3=O. The van der Waals surface area contributed by atoms with Crippen molar-refractivity contribution in [3.05, 3.63) is 88.6 Å². The minimum atomic E-state index is -0.466. The summed E-state index contributed by atoms with van der Waals surface area (Å²) >= 11 is 0. The fourth-order valence-electron chi connectivity index (χ4n) is 4.54. The molecule has 7 heteroatoms. The third-order valence-electron chi connectivity index (χ3n) is 6.61. The summed E-state index contributed by atoms with van der Waals surface area (Å²) in [6, 6.07) is 16.9. The zero-order valence-corrected chi connectivity index (χ0v) is 21.3. The van der Waals surface area contributed by atoms with Gasteiger partial charge in [-0.2, -0.15) is 0 Å². The van der Waals surface area contributed by atoms with E-state index in [0.29, 0.717) is 29.0 Å². The van der Waals surface area contributed by atoms with Crippen LogP contribution in [0.3, 0.4) is 0 Å². The average Bonchev–Trinajstić information content (AvgIpc) is 3.11. The van der Waals surface area contributed by atoms with Crippen molar-refractivity contribution in [1.29, 1.82) is 0 Å². The molecule has 1 N–H and O–H groups in total. The van der Waals surface area contributed by atoms with Gasteiger partial charge in [0.05, 0.1) is 17.0 Å². The monoisotopic (exact) mass is 496 g/mol. The maximum absolute atomic E-state index is 13.4. The molecule has 1 aliphatic heterocycles. The first kappa shape index (κ1) is 24.3. The van der Waals surface area contributed by atoms with Gasteiger partial charge in [-0.25, -0.2) is 10.3 Å². The highest BCUT2D eigenvalue weighted by atomic mass is 16.7. The third-order valence-corrected chi connectivity index (χ3v) is 6.61. The molecule has 0 spiro atoms. The molecule has 0 bridgehead atoms. The van der Waals surface area contributed by atoms with E-state index in [9.17, 15) is 14.4 Å². The second-order valence-electron chi connectivity index (χ2n) is 9.47. The second-order valence-corrected chi connectivity index (χ2v) is 9.47. The Hall–Kier alpha value is -4.39. The van der Waals surface area contributed by atoms with Crippen LogP contribution in [0.5, 0.6) is 5.75 Å². The lowest BCUT2D eigenvalue weighted by Gasteiger charge is -2.11. The standard InChI is InChI=1S/C30H28N2O5/c1-5-32-25-11-10-20(28(33)19-8-6-18(4)7-9-19)14-21(25)22-15-23-27(16-26(22)32)36-13-12-24(29(23)34)31-37-30(35)17(2)3/h6-12,14-17,31H,5,13H2,1-4H3. The Morgan fingerprint density at radius 3 is 2.41 bits per heavy atom. The van der Waals surface area contributed by atoms with Crippen LogP contribution in [-0.4, -0.2) is 28.7 Å². The van der Waals surface area contributed by atoms with E-state index in [-0.39, 0.29) is 29.8 Å². The first-order valence-corrected chi connectivity index (χ1v) is 12.3. The molecule has 7 nitrogen and oxygen atoms in total. The lowest BCUT2D eigenvalue weighted by atomic mass is 9.99. The number of carbonyl (C=O) groups excluding carboxylic acids is 3. The molecular weight excluding hydrogens is 468 g/mol. The van der Waals surface area contributed by atoms with Gasteiger partial charge < -0.3 is 14.1 Å². The highest BCUT2D eigenvalue weighted by molar-refractivity contribution is 6.18. The molecule has 1 aliphatic rings. The number of fused-ring (bicyclic) bond motifs is 4. The molecule has 1 aromatic heterocycles. The predicted octanol–water partition coefficient (Wildman–Crippen LogP) is 5.52. The molecule has 37 heavy (non-hydrogen) atoms. The zero-order chi connectivity index (χ0) is 26.3. The van der Waals surface area contributed by atoms with Gasteiger partial charge in [0.25, 0.3) is 0 Å². The number of Topliss-reactive ketones (excluding diaryl/α,β-unsaturated/α-hetero) is 1. The summed E-state index contributed by atoms with van der Waals surface area (Å²) in [5.41, 5.74) is 7.17. The maximum Gasteiger partial charge on any atom is 0.334 e. The van der Waals surface area contributed by atoms with E-state index in [1.54, 1.807) is 26.0 Å². The Morgan fingerprint density at radius 1 is 1.00 bits per heavy atom. The van der Waals surface area contributed by atoms with E-state index in [0.717, 1.165) is 27.4 Å². The van der Waals surface area contributed by atoms with Gasteiger partial charge in [-0.1, -0.05) is 43.7 Å². The quantitative estimate of drug-likeness (QED) is 0.280. The van der Waals surface area contributed by atoms with Crippen LogP contribution in [-0.2, 0) is 16.2 Å². The maximum atomic E-state index is 13.4. The molecule has 188 valence electrons. The van der Waals surface area contributed by atoms with Crippen molar-refractivity contribution >= 4 is 39.3 Å². The minimum absolute atomic E-state index is 0.0603. The molecule has 4 aromatic rings. The van der Waals surface area contributed by atoms with E-state index < -0.39 is 5.97 Å². The first-order valence-electron chi connectivity index (χ1n) is 12.3. The number of hydrogen-bond donors (Lipinski definition) is 1. The Labute approximate surface area is 214 Å². The molecule has 0 aliphatic carbocycles. The number of allylic oxidation sites excluding steroid dienone is 1. The summed E-state index contributed by atoms with van der Waals surface area (Å²) in [4.78, 5) is 43.6. The molecule has 5 rings (SSSR count). The van der Waals surface area contributed by atoms with Gasteiger partial charge in [0.2, 0.25) is 5.78 Å². The van der Waals surface area contributed by atoms with Crippen LogP contribution < -0.4 is 10.2 Å². The van der Waals surface area contributed by atoms with Crippen LogP contribution >= 0.6 is 0 Å². The molecule has 0 saturated carbocycles. The number of rotatable bonds is 6. The number of nitrogens with one attached hydrogen (secondary N) is 1. The zero-order valence-electron chi connectivity index (χ0n) is 21.3. The van der Waals surface area contributed by atoms with E-state index in [2.05, 4.69) is 17.0 Å². The number of ether oxygens (including phenoxy) is 1. The molecule has 0 unspecified atom stereocenters. The van der Waals surface area contributed by atoms with Crippen molar-refractivity contribution < 1.29 is 24.0 Å². The molecule has 0 fully saturated rings. The van der Waals surface area contributed by atoms with Gasteiger partial charge >= 0.3 is 5.97 Å². The van der Waals surface area contributed by atoms with Crippen molar-refractivity contribution in [2.75, 3.05) is 6.61 Å². The van der Waals surface area contributed by atoms with Crippen LogP contribution in [0.2, 0.25) is 0 Å². The molecule has 0 atom stereocenters. The van der Waals surface area contributed by atoms with E-state index in [1.165, 1.54) is 0 Å². The highest BCUT2D eigenvalue weighted by Gasteiger charge is 2.25. The molecule has 3 aromatic carbocycles. The van der Waals surface area contributed by atoms with Gasteiger partial charge in [0.1, 0.15) is 18.1 Å². The Morgan fingerprint density at radius 2 is 1.70 bits per heavy atom. The summed E-state index contributed by atoms with van der Waals surface area (Å²) in [5.74, 6) is -0.750. The van der Waals surface area contributed by atoms with Gasteiger partial charge in [0, 0.05) is 40.0 Å². The van der Waals surface area contributed by atoms with Gasteiger partial charge in [-0.05, 0) is 44.2 Å². The molecule has 0 saturated heterocycles. The first-order chi connectivity index (χ1) is 17.8. The van der Waals surface area contributed by atoms with E-state index in [4.69, 9.17) is 9.57 Å². The van der Waals surface area contributed by atoms with Crippen molar-refractivity contribution in [3.63, 3.8) is 0 Å². The summed E-state index contributed by atoms with van der Waals surface area (Å²) in [5, 5.41) is 1.71. The van der Waals surface area contributed by atoms with Crippen LogP contribution in [0, 0.1) is 12.8 Å².